The summed E-state index contributed by atoms with van der Waals surface area (Å²) in [5.41, 5.74) is 4.61. The van der Waals surface area contributed by atoms with E-state index in [1.807, 2.05) is 6.92 Å². The zero-order valence-electron chi connectivity index (χ0n) is 17.5. The summed E-state index contributed by atoms with van der Waals surface area (Å²) in [5, 5.41) is 2.96. The van der Waals surface area contributed by atoms with Crippen LogP contribution in [0.1, 0.15) is 73.2 Å². The van der Waals surface area contributed by atoms with Crippen molar-refractivity contribution in [1.29, 1.82) is 0 Å². The maximum absolute atomic E-state index is 12.9. The molecule has 0 saturated heterocycles. The van der Waals surface area contributed by atoms with E-state index < -0.39 is 0 Å². The summed E-state index contributed by atoms with van der Waals surface area (Å²) in [6.45, 7) is 11.1. The number of amides is 1. The van der Waals surface area contributed by atoms with E-state index in [-0.39, 0.29) is 29.6 Å². The Labute approximate surface area is 166 Å². The van der Waals surface area contributed by atoms with Gasteiger partial charge in [-0.15, -0.1) is 0 Å². The van der Waals surface area contributed by atoms with E-state index in [0.29, 0.717) is 19.4 Å². The number of Topliss-reactive ketones (excluding diaryl/α,β-unsaturated/α-hetero) is 1. The van der Waals surface area contributed by atoms with E-state index in [4.69, 9.17) is 0 Å². The molecule has 6 heteroatoms. The van der Waals surface area contributed by atoms with Crippen LogP contribution in [0.4, 0.5) is 0 Å². The zero-order valence-corrected chi connectivity index (χ0v) is 17.5. The third-order valence-corrected chi connectivity index (χ3v) is 5.42. The molecule has 0 aromatic carbocycles. The fourth-order valence-electron chi connectivity index (χ4n) is 4.29. The summed E-state index contributed by atoms with van der Waals surface area (Å²) in [5.74, 6) is 0.101. The molecule has 0 bridgehead atoms. The fraction of sp³-hybridized carbons (Fsp3) is 0.545. The second-order valence-corrected chi connectivity index (χ2v) is 8.76. The Morgan fingerprint density at radius 1 is 1.29 bits per heavy atom. The van der Waals surface area contributed by atoms with Crippen molar-refractivity contribution in [2.45, 2.75) is 66.3 Å². The second-order valence-electron chi connectivity index (χ2n) is 8.76. The molecule has 0 fully saturated rings. The van der Waals surface area contributed by atoms with Crippen LogP contribution in [0.15, 0.2) is 18.6 Å². The Morgan fingerprint density at radius 2 is 2.04 bits per heavy atom. The highest BCUT2D eigenvalue weighted by molar-refractivity contribution is 6.01. The van der Waals surface area contributed by atoms with Crippen LogP contribution in [0.3, 0.4) is 0 Å². The molecular formula is C22H30N4O2. The van der Waals surface area contributed by atoms with Crippen LogP contribution in [0, 0.1) is 12.3 Å². The van der Waals surface area contributed by atoms with Gasteiger partial charge in [0.2, 0.25) is 5.91 Å². The average molecular weight is 383 g/mol. The van der Waals surface area contributed by atoms with Crippen LogP contribution in [0.25, 0.3) is 0 Å². The quantitative estimate of drug-likeness (QED) is 0.832. The van der Waals surface area contributed by atoms with Gasteiger partial charge in [-0.25, -0.2) is 0 Å². The smallest absolute Gasteiger partial charge is 0.224 e. The molecule has 2 heterocycles. The Morgan fingerprint density at radius 3 is 2.68 bits per heavy atom. The van der Waals surface area contributed by atoms with Gasteiger partial charge in [0, 0.05) is 61.0 Å². The van der Waals surface area contributed by atoms with Gasteiger partial charge in [-0.3, -0.25) is 19.6 Å². The van der Waals surface area contributed by atoms with E-state index in [1.54, 1.807) is 18.6 Å². The van der Waals surface area contributed by atoms with Crippen molar-refractivity contribution in [3.63, 3.8) is 0 Å². The first-order valence-electron chi connectivity index (χ1n) is 9.97. The van der Waals surface area contributed by atoms with Crippen LogP contribution < -0.4 is 5.32 Å². The first kappa shape index (κ1) is 20.2. The van der Waals surface area contributed by atoms with Crippen molar-refractivity contribution in [3.8, 4) is 0 Å². The fourth-order valence-corrected chi connectivity index (χ4v) is 4.29. The van der Waals surface area contributed by atoms with Crippen molar-refractivity contribution in [2.75, 3.05) is 6.54 Å². The summed E-state index contributed by atoms with van der Waals surface area (Å²) in [7, 11) is 0. The van der Waals surface area contributed by atoms with Gasteiger partial charge in [-0.1, -0.05) is 13.8 Å². The second kappa shape index (κ2) is 7.86. The van der Waals surface area contributed by atoms with Crippen molar-refractivity contribution in [2.24, 2.45) is 5.41 Å². The molecule has 0 radical (unpaired) electrons. The van der Waals surface area contributed by atoms with Crippen LogP contribution >= 0.6 is 0 Å². The molecule has 150 valence electrons. The molecule has 2 aromatic rings. The lowest BCUT2D eigenvalue weighted by atomic mass is 9.75. The van der Waals surface area contributed by atoms with E-state index in [9.17, 15) is 9.59 Å². The molecule has 28 heavy (non-hydrogen) atoms. The number of aromatic nitrogens is 3. The van der Waals surface area contributed by atoms with Gasteiger partial charge >= 0.3 is 0 Å². The molecule has 0 spiro atoms. The summed E-state index contributed by atoms with van der Waals surface area (Å²) in [4.78, 5) is 33.8. The van der Waals surface area contributed by atoms with Crippen molar-refractivity contribution in [1.82, 2.24) is 19.9 Å². The number of carbonyl (C=O) groups excluding carboxylic acids is 2. The highest BCUT2D eigenvalue weighted by Crippen LogP contribution is 2.40. The molecule has 0 saturated carbocycles. The van der Waals surface area contributed by atoms with Crippen LogP contribution in [-0.4, -0.2) is 32.8 Å². The van der Waals surface area contributed by atoms with Gasteiger partial charge in [0.05, 0.1) is 12.1 Å². The lowest BCUT2D eigenvalue weighted by molar-refractivity contribution is -0.120. The Hall–Kier alpha value is -2.50. The minimum absolute atomic E-state index is 0.0439. The third kappa shape index (κ3) is 4.16. The van der Waals surface area contributed by atoms with Gasteiger partial charge < -0.3 is 9.88 Å². The van der Waals surface area contributed by atoms with Crippen molar-refractivity contribution < 1.29 is 9.59 Å². The number of carbonyl (C=O) groups is 2. The standard InChI is InChI=1S/C22H30N4O2/c1-14(2)26-15(3)17(21-18(26)11-22(4,5)12-19(21)27)10-20(28)25-7-6-16-13-23-8-9-24-16/h8-9,13-14H,6-7,10-12H2,1-5H3,(H,25,28). The minimum Gasteiger partial charge on any atom is -0.355 e. The highest BCUT2D eigenvalue weighted by Gasteiger charge is 2.37. The Balaban J connectivity index is 1.78. The predicted molar refractivity (Wildman–Crippen MR) is 108 cm³/mol. The van der Waals surface area contributed by atoms with E-state index in [0.717, 1.165) is 34.6 Å². The number of nitrogens with one attached hydrogen (secondary N) is 1. The molecule has 0 atom stereocenters. The van der Waals surface area contributed by atoms with Crippen LogP contribution in [0.5, 0.6) is 0 Å². The predicted octanol–water partition coefficient (Wildman–Crippen LogP) is 3.22. The van der Waals surface area contributed by atoms with Gasteiger partial charge in [0.1, 0.15) is 0 Å². The number of hydrogen-bond donors (Lipinski definition) is 1. The monoisotopic (exact) mass is 382 g/mol. The molecule has 1 amide bonds. The number of fused-ring (bicyclic) bond motifs is 1. The SMILES string of the molecule is Cc1c(CC(=O)NCCc2cnccn2)c2c(n1C(C)C)CC(C)(C)CC2=O. The molecule has 0 aliphatic heterocycles. The number of rotatable bonds is 6. The molecule has 3 rings (SSSR count). The minimum atomic E-state index is -0.0617. The molecule has 2 aromatic heterocycles. The summed E-state index contributed by atoms with van der Waals surface area (Å²) in [6, 6.07) is 0.254. The molecule has 6 nitrogen and oxygen atoms in total. The first-order chi connectivity index (χ1) is 13.2. The largest absolute Gasteiger partial charge is 0.355 e. The van der Waals surface area contributed by atoms with E-state index in [1.165, 1.54) is 0 Å². The van der Waals surface area contributed by atoms with Crippen molar-refractivity contribution in [3.05, 3.63) is 46.8 Å². The van der Waals surface area contributed by atoms with Crippen LogP contribution in [0.2, 0.25) is 0 Å². The van der Waals surface area contributed by atoms with Crippen molar-refractivity contribution >= 4 is 11.7 Å². The highest BCUT2D eigenvalue weighted by atomic mass is 16.1. The van der Waals surface area contributed by atoms with Crippen LogP contribution in [-0.2, 0) is 24.1 Å². The molecular weight excluding hydrogens is 352 g/mol. The maximum Gasteiger partial charge on any atom is 0.224 e. The Kier molecular flexibility index (Phi) is 5.68. The topological polar surface area (TPSA) is 76.9 Å². The normalized spacial score (nSPS) is 15.6. The lowest BCUT2D eigenvalue weighted by Gasteiger charge is -2.31. The molecule has 1 aliphatic carbocycles. The summed E-state index contributed by atoms with van der Waals surface area (Å²) < 4.78 is 2.25. The zero-order chi connectivity index (χ0) is 20.5. The summed E-state index contributed by atoms with van der Waals surface area (Å²) in [6.07, 6.45) is 7.25. The van der Waals surface area contributed by atoms with Gasteiger partial charge in [-0.05, 0) is 38.2 Å². The lowest BCUT2D eigenvalue weighted by Crippen LogP contribution is -2.30. The number of nitrogens with zero attached hydrogens (tertiary/aromatic N) is 3. The Bertz CT molecular complexity index is 882. The third-order valence-electron chi connectivity index (χ3n) is 5.42. The maximum atomic E-state index is 12.9. The summed E-state index contributed by atoms with van der Waals surface area (Å²) >= 11 is 0. The van der Waals surface area contributed by atoms with E-state index >= 15 is 0 Å². The number of hydrogen-bond acceptors (Lipinski definition) is 4. The first-order valence-corrected chi connectivity index (χ1v) is 9.97. The van der Waals surface area contributed by atoms with Gasteiger partial charge in [-0.2, -0.15) is 0 Å². The molecule has 0 unspecified atom stereocenters. The molecule has 1 aliphatic rings. The molecule has 1 N–H and O–H groups in total. The van der Waals surface area contributed by atoms with Gasteiger partial charge in [0.15, 0.2) is 5.78 Å². The average Bonchev–Trinajstić information content (AvgIpc) is 2.86. The number of ketones is 1. The van der Waals surface area contributed by atoms with E-state index in [2.05, 4.69) is 47.5 Å². The van der Waals surface area contributed by atoms with Gasteiger partial charge in [0.25, 0.3) is 0 Å².